The van der Waals surface area contributed by atoms with Crippen LogP contribution in [0.15, 0.2) is 50.7 Å². The van der Waals surface area contributed by atoms with Crippen molar-refractivity contribution in [2.45, 2.75) is 19.3 Å². The Morgan fingerprint density at radius 2 is 1.95 bits per heavy atom. The van der Waals surface area contributed by atoms with Gasteiger partial charge in [0.25, 0.3) is 0 Å². The summed E-state index contributed by atoms with van der Waals surface area (Å²) in [6, 6.07) is 10.6. The van der Waals surface area contributed by atoms with Gasteiger partial charge in [0.05, 0.1) is 5.90 Å². The average molecular weight is 256 g/mol. The highest BCUT2D eigenvalue weighted by Gasteiger charge is 2.43. The topological polar surface area (TPSA) is 69.5 Å². The van der Waals surface area contributed by atoms with E-state index in [2.05, 4.69) is 5.10 Å². The van der Waals surface area contributed by atoms with Crippen LogP contribution in [0.3, 0.4) is 0 Å². The SMILES string of the molecule is CC1(C)C([O-])=N[n+]2c1oc(-c1ccccc1)cc2=O. The van der Waals surface area contributed by atoms with Crippen LogP contribution in [-0.2, 0) is 5.41 Å². The molecule has 0 unspecified atom stereocenters. The van der Waals surface area contributed by atoms with Crippen LogP contribution in [0.1, 0.15) is 19.7 Å². The number of nitrogens with zero attached hydrogens (tertiary/aromatic N) is 2. The summed E-state index contributed by atoms with van der Waals surface area (Å²) in [5.41, 5.74) is -0.485. The Bertz CT molecular complexity index is 730. The summed E-state index contributed by atoms with van der Waals surface area (Å²) in [7, 11) is 0. The summed E-state index contributed by atoms with van der Waals surface area (Å²) in [5.74, 6) is 0.331. The molecule has 0 bridgehead atoms. The van der Waals surface area contributed by atoms with E-state index in [4.69, 9.17) is 4.42 Å². The molecular weight excluding hydrogens is 244 g/mol. The summed E-state index contributed by atoms with van der Waals surface area (Å²) in [6.45, 7) is 3.38. The fourth-order valence-corrected chi connectivity index (χ4v) is 1.99. The van der Waals surface area contributed by atoms with Crippen molar-refractivity contribution in [3.05, 3.63) is 52.6 Å². The summed E-state index contributed by atoms with van der Waals surface area (Å²) in [6.07, 6.45) is 0. The van der Waals surface area contributed by atoms with Crippen molar-refractivity contribution in [2.75, 3.05) is 0 Å². The first kappa shape index (κ1) is 11.6. The van der Waals surface area contributed by atoms with Gasteiger partial charge in [0.15, 0.2) is 5.76 Å². The van der Waals surface area contributed by atoms with Crippen LogP contribution in [0, 0.1) is 0 Å². The second-order valence-corrected chi connectivity index (χ2v) is 4.96. The van der Waals surface area contributed by atoms with E-state index >= 15 is 0 Å². The first-order chi connectivity index (χ1) is 9.00. The van der Waals surface area contributed by atoms with E-state index in [1.807, 2.05) is 30.3 Å². The van der Waals surface area contributed by atoms with Crippen LogP contribution in [0.25, 0.3) is 11.3 Å². The Morgan fingerprint density at radius 1 is 1.26 bits per heavy atom. The van der Waals surface area contributed by atoms with Crippen LogP contribution in [0.5, 0.6) is 0 Å². The minimum absolute atomic E-state index is 0.267. The van der Waals surface area contributed by atoms with Gasteiger partial charge in [0, 0.05) is 10.2 Å². The summed E-state index contributed by atoms with van der Waals surface area (Å²) in [5, 5.41) is 15.5. The molecule has 0 saturated carbocycles. The minimum atomic E-state index is -0.913. The first-order valence-electron chi connectivity index (χ1n) is 5.93. The zero-order valence-corrected chi connectivity index (χ0v) is 10.6. The van der Waals surface area contributed by atoms with E-state index in [-0.39, 0.29) is 17.3 Å². The number of fused-ring (bicyclic) bond motifs is 1. The molecule has 5 nitrogen and oxygen atoms in total. The van der Waals surface area contributed by atoms with Gasteiger partial charge in [-0.1, -0.05) is 30.3 Å². The number of hydrogen-bond acceptors (Lipinski definition) is 4. The smallest absolute Gasteiger partial charge is 0.449 e. The largest absolute Gasteiger partial charge is 0.857 e. The molecule has 96 valence electrons. The molecule has 0 N–H and O–H groups in total. The maximum atomic E-state index is 12.0. The Morgan fingerprint density at radius 3 is 2.63 bits per heavy atom. The highest BCUT2D eigenvalue weighted by Crippen LogP contribution is 2.26. The van der Waals surface area contributed by atoms with Gasteiger partial charge in [-0.25, -0.2) is 4.79 Å². The molecule has 0 atom stereocenters. The predicted molar refractivity (Wildman–Crippen MR) is 66.5 cm³/mol. The van der Waals surface area contributed by atoms with Gasteiger partial charge in [0.2, 0.25) is 0 Å². The van der Waals surface area contributed by atoms with Crippen molar-refractivity contribution in [1.82, 2.24) is 0 Å². The number of rotatable bonds is 1. The normalized spacial score (nSPS) is 16.0. The van der Waals surface area contributed by atoms with Gasteiger partial charge in [-0.15, -0.1) is 0 Å². The molecule has 0 radical (unpaired) electrons. The van der Waals surface area contributed by atoms with Crippen molar-refractivity contribution < 1.29 is 14.2 Å². The van der Waals surface area contributed by atoms with Gasteiger partial charge in [-0.2, -0.15) is 0 Å². The summed E-state index contributed by atoms with van der Waals surface area (Å²) in [4.78, 5) is 12.0. The maximum Gasteiger partial charge on any atom is 0.449 e. The van der Waals surface area contributed by atoms with Gasteiger partial charge in [-0.05, 0) is 18.9 Å². The number of benzene rings is 1. The second kappa shape index (κ2) is 3.78. The van der Waals surface area contributed by atoms with Crippen molar-refractivity contribution >= 4 is 5.90 Å². The lowest BCUT2D eigenvalue weighted by molar-refractivity contribution is -0.707. The zero-order chi connectivity index (χ0) is 13.6. The van der Waals surface area contributed by atoms with Crippen molar-refractivity contribution in [3.8, 4) is 11.3 Å². The molecule has 0 saturated heterocycles. The van der Waals surface area contributed by atoms with Crippen LogP contribution in [0.2, 0.25) is 0 Å². The Kier molecular flexibility index (Phi) is 2.32. The van der Waals surface area contributed by atoms with Crippen molar-refractivity contribution in [1.29, 1.82) is 0 Å². The monoisotopic (exact) mass is 256 g/mol. The fourth-order valence-electron chi connectivity index (χ4n) is 1.99. The van der Waals surface area contributed by atoms with Crippen molar-refractivity contribution in [3.63, 3.8) is 0 Å². The summed E-state index contributed by atoms with van der Waals surface area (Å²) >= 11 is 0. The van der Waals surface area contributed by atoms with Crippen LogP contribution in [-0.4, -0.2) is 5.90 Å². The van der Waals surface area contributed by atoms with E-state index < -0.39 is 5.41 Å². The molecule has 0 fully saturated rings. The molecule has 0 aliphatic carbocycles. The lowest BCUT2D eigenvalue weighted by atomic mass is 9.94. The molecule has 1 aromatic carbocycles. The molecule has 2 aromatic rings. The standard InChI is InChI=1S/C14H12N2O3/c1-14(2)12(18)15-16-11(17)8-10(19-13(14)16)9-6-4-3-5-7-9/h3-8H,1-2H3. The van der Waals surface area contributed by atoms with Crippen LogP contribution >= 0.6 is 0 Å². The molecule has 5 heteroatoms. The predicted octanol–water partition coefficient (Wildman–Crippen LogP) is 0.407. The minimum Gasteiger partial charge on any atom is -0.857 e. The fraction of sp³-hybridized carbons (Fsp3) is 0.214. The van der Waals surface area contributed by atoms with Crippen LogP contribution in [0.4, 0.5) is 0 Å². The molecule has 0 spiro atoms. The van der Waals surface area contributed by atoms with E-state index in [1.54, 1.807) is 13.8 Å². The molecule has 19 heavy (non-hydrogen) atoms. The maximum absolute atomic E-state index is 12.0. The van der Waals surface area contributed by atoms with E-state index in [0.717, 1.165) is 10.2 Å². The quantitative estimate of drug-likeness (QED) is 0.694. The highest BCUT2D eigenvalue weighted by molar-refractivity contribution is 5.82. The molecular formula is C14H12N2O3. The Hall–Kier alpha value is -2.43. The molecule has 0 amide bonds. The van der Waals surface area contributed by atoms with Gasteiger partial charge in [0.1, 0.15) is 11.5 Å². The van der Waals surface area contributed by atoms with E-state index in [1.165, 1.54) is 6.07 Å². The summed E-state index contributed by atoms with van der Waals surface area (Å²) < 4.78 is 6.76. The lowest BCUT2D eigenvalue weighted by Gasteiger charge is -2.16. The second-order valence-electron chi connectivity index (χ2n) is 4.96. The van der Waals surface area contributed by atoms with Crippen molar-refractivity contribution in [2.24, 2.45) is 5.10 Å². The first-order valence-corrected chi connectivity index (χ1v) is 5.93. The number of aromatic nitrogens is 1. The third-order valence-corrected chi connectivity index (χ3v) is 3.18. The van der Waals surface area contributed by atoms with E-state index in [0.29, 0.717) is 5.76 Å². The third-order valence-electron chi connectivity index (χ3n) is 3.18. The average Bonchev–Trinajstić information content (AvgIpc) is 2.63. The lowest BCUT2D eigenvalue weighted by Crippen LogP contribution is -2.48. The highest BCUT2D eigenvalue weighted by atomic mass is 16.4. The van der Waals surface area contributed by atoms with Gasteiger partial charge in [-0.3, -0.25) is 0 Å². The third kappa shape index (κ3) is 1.66. The molecule has 1 aliphatic heterocycles. The number of hydrogen-bond donors (Lipinski definition) is 0. The van der Waals surface area contributed by atoms with E-state index in [9.17, 15) is 9.90 Å². The Balaban J connectivity index is 2.24. The van der Waals surface area contributed by atoms with Gasteiger partial charge >= 0.3 is 11.4 Å². The Labute approximate surface area is 109 Å². The van der Waals surface area contributed by atoms with Crippen LogP contribution < -0.4 is 15.3 Å². The molecule has 1 aromatic heterocycles. The zero-order valence-electron chi connectivity index (χ0n) is 10.6. The molecule has 3 rings (SSSR count). The molecule has 1 aliphatic rings. The van der Waals surface area contributed by atoms with Gasteiger partial charge < -0.3 is 9.52 Å². The molecule has 2 heterocycles.